The smallest absolute Gasteiger partial charge is 0.0139 e. The number of hydrogen-bond acceptors (Lipinski definition) is 0. The third-order valence-corrected chi connectivity index (χ3v) is 5.10. The highest BCUT2D eigenvalue weighted by atomic mass is 14.6. The molecule has 0 heterocycles. The summed E-state index contributed by atoms with van der Waals surface area (Å²) in [5.41, 5.74) is 0. The summed E-state index contributed by atoms with van der Waals surface area (Å²) in [6, 6.07) is 0. The summed E-state index contributed by atoms with van der Waals surface area (Å²) in [5, 5.41) is 0. The molecule has 0 heteroatoms. The van der Waals surface area contributed by atoms with Crippen LogP contribution in [0.15, 0.2) is 24.3 Å². The van der Waals surface area contributed by atoms with Gasteiger partial charge in [-0.15, -0.1) is 0 Å². The first kappa shape index (κ1) is 6.86. The highest BCUT2D eigenvalue weighted by Crippen LogP contribution is 2.61. The van der Waals surface area contributed by atoms with Crippen LogP contribution in [0.3, 0.4) is 0 Å². The summed E-state index contributed by atoms with van der Waals surface area (Å²) >= 11 is 0. The lowest BCUT2D eigenvalue weighted by Crippen LogP contribution is -2.15. The van der Waals surface area contributed by atoms with Crippen molar-refractivity contribution in [1.29, 1.82) is 0 Å². The van der Waals surface area contributed by atoms with E-state index in [1.54, 1.807) is 0 Å². The molecule has 0 N–H and O–H groups in total. The molecule has 6 atom stereocenters. The molecule has 68 valence electrons. The maximum atomic E-state index is 2.55. The van der Waals surface area contributed by atoms with E-state index in [0.29, 0.717) is 0 Å². The summed E-state index contributed by atoms with van der Waals surface area (Å²) in [6.45, 7) is 0. The molecule has 0 nitrogen and oxygen atoms in total. The van der Waals surface area contributed by atoms with Crippen molar-refractivity contribution >= 4 is 0 Å². The molecule has 0 saturated heterocycles. The molecule has 13 heavy (non-hydrogen) atoms. The summed E-state index contributed by atoms with van der Waals surface area (Å²) in [5.74, 6) is 5.99. The van der Waals surface area contributed by atoms with E-state index in [1.807, 2.05) is 0 Å². The largest absolute Gasteiger partial charge is 0.0879 e. The predicted molar refractivity (Wildman–Crippen MR) is 53.1 cm³/mol. The molecule has 0 spiro atoms. The molecule has 4 rings (SSSR count). The minimum atomic E-state index is 0.914. The first-order valence-corrected chi connectivity index (χ1v) is 5.78. The van der Waals surface area contributed by atoms with Gasteiger partial charge in [0.1, 0.15) is 0 Å². The van der Waals surface area contributed by atoms with Crippen molar-refractivity contribution in [3.63, 3.8) is 0 Å². The Labute approximate surface area is 79.7 Å². The van der Waals surface area contributed by atoms with Gasteiger partial charge in [0.25, 0.3) is 0 Å². The molecule has 2 saturated carbocycles. The van der Waals surface area contributed by atoms with Crippen LogP contribution < -0.4 is 0 Å². The van der Waals surface area contributed by atoms with E-state index in [4.69, 9.17) is 0 Å². The Bertz CT molecular complexity index is 299. The standard InChI is InChI=1S/C13H16/c1-2-8-6-12-10(3-1)9-4-5-11(8)13(12)7-9/h1-2,4-5,8-13H,3,6-7H2/t8-,9-,10-,11-,12-,13-/m1/s1. The second kappa shape index (κ2) is 2.10. The fourth-order valence-electron chi connectivity index (χ4n) is 4.62. The van der Waals surface area contributed by atoms with Crippen LogP contribution in [0.1, 0.15) is 19.3 Å². The fourth-order valence-corrected chi connectivity index (χ4v) is 4.62. The highest BCUT2D eigenvalue weighted by molar-refractivity contribution is 5.21. The van der Waals surface area contributed by atoms with Crippen molar-refractivity contribution in [3.8, 4) is 0 Å². The molecule has 0 unspecified atom stereocenters. The van der Waals surface area contributed by atoms with Crippen LogP contribution in [-0.2, 0) is 0 Å². The van der Waals surface area contributed by atoms with Gasteiger partial charge in [-0.3, -0.25) is 0 Å². The van der Waals surface area contributed by atoms with Crippen molar-refractivity contribution in [3.05, 3.63) is 24.3 Å². The van der Waals surface area contributed by atoms with Crippen molar-refractivity contribution in [2.24, 2.45) is 35.5 Å². The quantitative estimate of drug-likeness (QED) is 0.493. The normalized spacial score (nSPS) is 60.3. The lowest BCUT2D eigenvalue weighted by atomic mass is 9.82. The topological polar surface area (TPSA) is 0 Å². The molecule has 2 fully saturated rings. The van der Waals surface area contributed by atoms with Crippen molar-refractivity contribution in [1.82, 2.24) is 0 Å². The minimum Gasteiger partial charge on any atom is -0.0879 e. The van der Waals surface area contributed by atoms with Crippen LogP contribution in [0.2, 0.25) is 0 Å². The Balaban J connectivity index is 1.93. The molecule has 4 aliphatic carbocycles. The summed E-state index contributed by atoms with van der Waals surface area (Å²) in [7, 11) is 0. The van der Waals surface area contributed by atoms with E-state index in [-0.39, 0.29) is 0 Å². The second-order valence-corrected chi connectivity index (χ2v) is 5.42. The Hall–Kier alpha value is -0.520. The van der Waals surface area contributed by atoms with Gasteiger partial charge < -0.3 is 0 Å². The van der Waals surface area contributed by atoms with Gasteiger partial charge >= 0.3 is 0 Å². The molecule has 0 aromatic carbocycles. The lowest BCUT2D eigenvalue weighted by molar-refractivity contribution is 0.332. The van der Waals surface area contributed by atoms with E-state index < -0.39 is 0 Å². The van der Waals surface area contributed by atoms with Gasteiger partial charge in [0, 0.05) is 0 Å². The Morgan fingerprint density at radius 1 is 0.769 bits per heavy atom. The minimum absolute atomic E-state index is 0.914. The lowest BCUT2D eigenvalue weighted by Gasteiger charge is -2.23. The second-order valence-electron chi connectivity index (χ2n) is 5.42. The zero-order chi connectivity index (χ0) is 8.41. The van der Waals surface area contributed by atoms with Crippen LogP contribution in [-0.4, -0.2) is 0 Å². The highest BCUT2D eigenvalue weighted by Gasteiger charge is 2.53. The van der Waals surface area contributed by atoms with Crippen LogP contribution in [0.25, 0.3) is 0 Å². The van der Waals surface area contributed by atoms with Gasteiger partial charge in [0.05, 0.1) is 0 Å². The number of rotatable bonds is 0. The zero-order valence-electron chi connectivity index (χ0n) is 7.89. The first-order valence-electron chi connectivity index (χ1n) is 5.78. The van der Waals surface area contributed by atoms with Crippen LogP contribution in [0.4, 0.5) is 0 Å². The fraction of sp³-hybridized carbons (Fsp3) is 0.692. The van der Waals surface area contributed by atoms with Gasteiger partial charge in [-0.2, -0.15) is 0 Å². The Morgan fingerprint density at radius 3 is 2.69 bits per heavy atom. The maximum absolute atomic E-state index is 2.55. The average Bonchev–Trinajstić information content (AvgIpc) is 2.52. The average molecular weight is 172 g/mol. The Kier molecular flexibility index (Phi) is 1.11. The van der Waals surface area contributed by atoms with Crippen LogP contribution >= 0.6 is 0 Å². The predicted octanol–water partition coefficient (Wildman–Crippen LogP) is 3.02. The molecule has 0 aromatic heterocycles. The molecule has 0 radical (unpaired) electrons. The summed E-state index contributed by atoms with van der Waals surface area (Å²) in [4.78, 5) is 0. The van der Waals surface area contributed by atoms with Gasteiger partial charge in [0.2, 0.25) is 0 Å². The van der Waals surface area contributed by atoms with E-state index in [2.05, 4.69) is 24.3 Å². The zero-order valence-corrected chi connectivity index (χ0v) is 7.89. The molecule has 0 aromatic rings. The number of allylic oxidation sites excluding steroid dienone is 4. The van der Waals surface area contributed by atoms with E-state index in [0.717, 1.165) is 35.5 Å². The summed E-state index contributed by atoms with van der Waals surface area (Å²) in [6.07, 6.45) is 14.5. The monoisotopic (exact) mass is 172 g/mol. The molecule has 0 aliphatic heterocycles. The van der Waals surface area contributed by atoms with Crippen LogP contribution in [0.5, 0.6) is 0 Å². The third kappa shape index (κ3) is 0.697. The number of hydrogen-bond donors (Lipinski definition) is 0. The Morgan fingerprint density at radius 2 is 1.69 bits per heavy atom. The van der Waals surface area contributed by atoms with Crippen molar-refractivity contribution in [2.45, 2.75) is 19.3 Å². The van der Waals surface area contributed by atoms with E-state index in [1.165, 1.54) is 19.3 Å². The SMILES string of the molecule is C1=C[C@@H]2C[C@H]3[C@@H]4C[C@@H](C=C[C@@H]42)[C@H]3C1. The van der Waals surface area contributed by atoms with Gasteiger partial charge in [0.15, 0.2) is 0 Å². The van der Waals surface area contributed by atoms with Gasteiger partial charge in [-0.25, -0.2) is 0 Å². The molecular weight excluding hydrogens is 156 g/mol. The van der Waals surface area contributed by atoms with E-state index >= 15 is 0 Å². The third-order valence-electron chi connectivity index (χ3n) is 5.10. The molecule has 0 amide bonds. The van der Waals surface area contributed by atoms with Gasteiger partial charge in [-0.05, 0) is 54.8 Å². The van der Waals surface area contributed by atoms with Crippen molar-refractivity contribution in [2.75, 3.05) is 0 Å². The number of fused-ring (bicyclic) bond motifs is 4. The first-order chi connectivity index (χ1) is 6.43. The van der Waals surface area contributed by atoms with Crippen molar-refractivity contribution < 1.29 is 0 Å². The van der Waals surface area contributed by atoms with E-state index in [9.17, 15) is 0 Å². The maximum Gasteiger partial charge on any atom is -0.0139 e. The summed E-state index contributed by atoms with van der Waals surface area (Å²) < 4.78 is 0. The molecule has 4 bridgehead atoms. The van der Waals surface area contributed by atoms with Gasteiger partial charge in [-0.1, -0.05) is 24.3 Å². The molecular formula is C13H16. The van der Waals surface area contributed by atoms with Crippen LogP contribution in [0, 0.1) is 35.5 Å². The molecule has 4 aliphatic rings.